The highest BCUT2D eigenvalue weighted by Crippen LogP contribution is 2.26. The molecule has 1 unspecified atom stereocenters. The summed E-state index contributed by atoms with van der Waals surface area (Å²) < 4.78 is 5.06. The molecule has 0 aromatic heterocycles. The van der Waals surface area contributed by atoms with Gasteiger partial charge in [-0.15, -0.1) is 0 Å². The molecule has 19 heavy (non-hydrogen) atoms. The van der Waals surface area contributed by atoms with Gasteiger partial charge in [0.1, 0.15) is 0 Å². The Labute approximate surface area is 115 Å². The number of hydrogen-bond acceptors (Lipinski definition) is 4. The van der Waals surface area contributed by atoms with E-state index in [1.54, 1.807) is 12.1 Å². The summed E-state index contributed by atoms with van der Waals surface area (Å²) in [7, 11) is 1.53. The molecule has 4 heteroatoms. The third-order valence-corrected chi connectivity index (χ3v) is 2.93. The lowest BCUT2D eigenvalue weighted by Crippen LogP contribution is -2.38. The number of benzene rings is 1. The van der Waals surface area contributed by atoms with E-state index in [1.165, 1.54) is 7.11 Å². The number of rotatable bonds is 7. The van der Waals surface area contributed by atoms with Crippen LogP contribution in [0.4, 0.5) is 0 Å². The van der Waals surface area contributed by atoms with E-state index >= 15 is 0 Å². The van der Waals surface area contributed by atoms with Gasteiger partial charge in [0.15, 0.2) is 11.5 Å². The third kappa shape index (κ3) is 5.49. The molecule has 0 aliphatic heterocycles. The summed E-state index contributed by atoms with van der Waals surface area (Å²) in [6, 6.07) is 5.24. The second-order valence-corrected chi connectivity index (χ2v) is 5.70. The lowest BCUT2D eigenvalue weighted by Gasteiger charge is -2.25. The number of hydrogen-bond donors (Lipinski definition) is 3. The number of phenolic OH excluding ortho intramolecular Hbond substituents is 1. The number of aliphatic hydroxyl groups is 1. The number of ether oxygens (including phenoxy) is 1. The van der Waals surface area contributed by atoms with E-state index in [9.17, 15) is 10.2 Å². The molecule has 0 bridgehead atoms. The van der Waals surface area contributed by atoms with Crippen molar-refractivity contribution in [2.45, 2.75) is 39.3 Å². The zero-order valence-electron chi connectivity index (χ0n) is 12.2. The van der Waals surface area contributed by atoms with E-state index in [0.717, 1.165) is 12.0 Å². The summed E-state index contributed by atoms with van der Waals surface area (Å²) in [5, 5.41) is 22.9. The zero-order valence-corrected chi connectivity index (χ0v) is 12.2. The molecule has 0 amide bonds. The first-order valence-corrected chi connectivity index (χ1v) is 6.63. The minimum absolute atomic E-state index is 0.137. The van der Waals surface area contributed by atoms with Crippen LogP contribution in [0.2, 0.25) is 0 Å². The lowest BCUT2D eigenvalue weighted by atomic mass is 9.94. The number of methoxy groups -OCH3 is 1. The second-order valence-electron chi connectivity index (χ2n) is 5.70. The fourth-order valence-corrected chi connectivity index (χ4v) is 2.26. The molecule has 0 saturated carbocycles. The average Bonchev–Trinajstić information content (AvgIpc) is 2.29. The Morgan fingerprint density at radius 1 is 1.37 bits per heavy atom. The van der Waals surface area contributed by atoms with E-state index < -0.39 is 5.60 Å². The molecule has 0 heterocycles. The van der Waals surface area contributed by atoms with Crippen LogP contribution >= 0.6 is 0 Å². The van der Waals surface area contributed by atoms with Crippen molar-refractivity contribution in [3.05, 3.63) is 23.8 Å². The van der Waals surface area contributed by atoms with Crippen LogP contribution in [0.5, 0.6) is 11.5 Å². The van der Waals surface area contributed by atoms with Gasteiger partial charge in [0.05, 0.1) is 12.7 Å². The molecule has 0 fully saturated rings. The summed E-state index contributed by atoms with van der Waals surface area (Å²) in [5.74, 6) is 1.07. The van der Waals surface area contributed by atoms with Crippen molar-refractivity contribution in [2.24, 2.45) is 5.92 Å². The van der Waals surface area contributed by atoms with E-state index in [0.29, 0.717) is 24.8 Å². The Morgan fingerprint density at radius 3 is 2.63 bits per heavy atom. The molecule has 108 valence electrons. The Morgan fingerprint density at radius 2 is 2.05 bits per heavy atom. The highest BCUT2D eigenvalue weighted by molar-refractivity contribution is 5.41. The van der Waals surface area contributed by atoms with Crippen LogP contribution in [-0.4, -0.2) is 29.5 Å². The largest absolute Gasteiger partial charge is 0.504 e. The van der Waals surface area contributed by atoms with Gasteiger partial charge in [-0.2, -0.15) is 0 Å². The molecular formula is C15H25NO3. The van der Waals surface area contributed by atoms with Crippen molar-refractivity contribution in [3.63, 3.8) is 0 Å². The molecule has 1 aromatic carbocycles. The molecule has 4 nitrogen and oxygen atoms in total. The Bertz CT molecular complexity index is 402. The van der Waals surface area contributed by atoms with Crippen molar-refractivity contribution in [1.29, 1.82) is 0 Å². The fraction of sp³-hybridized carbons (Fsp3) is 0.600. The maximum absolute atomic E-state index is 10.2. The van der Waals surface area contributed by atoms with Crippen molar-refractivity contribution < 1.29 is 14.9 Å². The van der Waals surface area contributed by atoms with Crippen LogP contribution in [0.15, 0.2) is 18.2 Å². The quantitative estimate of drug-likeness (QED) is 0.709. The highest BCUT2D eigenvalue weighted by Gasteiger charge is 2.21. The monoisotopic (exact) mass is 267 g/mol. The lowest BCUT2D eigenvalue weighted by molar-refractivity contribution is 0.0383. The van der Waals surface area contributed by atoms with Crippen LogP contribution < -0.4 is 10.1 Å². The van der Waals surface area contributed by atoms with E-state index in [1.807, 2.05) is 13.0 Å². The molecule has 1 atom stereocenters. The Kier molecular flexibility index (Phi) is 5.63. The minimum Gasteiger partial charge on any atom is -0.504 e. The van der Waals surface area contributed by atoms with Crippen LogP contribution in [0, 0.1) is 5.92 Å². The molecule has 0 aliphatic carbocycles. The number of nitrogens with one attached hydrogen (secondary N) is 1. The van der Waals surface area contributed by atoms with Gasteiger partial charge in [-0.05, 0) is 37.0 Å². The molecule has 0 radical (unpaired) electrons. The Hall–Kier alpha value is -1.26. The molecule has 1 rings (SSSR count). The summed E-state index contributed by atoms with van der Waals surface area (Å²) in [6.45, 7) is 7.20. The molecular weight excluding hydrogens is 242 g/mol. The van der Waals surface area contributed by atoms with Crippen molar-refractivity contribution in [1.82, 2.24) is 5.32 Å². The van der Waals surface area contributed by atoms with Gasteiger partial charge in [-0.3, -0.25) is 0 Å². The van der Waals surface area contributed by atoms with Crippen LogP contribution in [0.1, 0.15) is 32.8 Å². The molecule has 0 saturated heterocycles. The molecule has 1 aromatic rings. The maximum Gasteiger partial charge on any atom is 0.160 e. The van der Waals surface area contributed by atoms with E-state index in [-0.39, 0.29) is 5.75 Å². The average molecular weight is 267 g/mol. The summed E-state index contributed by atoms with van der Waals surface area (Å²) in [6.07, 6.45) is 0.763. The van der Waals surface area contributed by atoms with Crippen molar-refractivity contribution in [2.75, 3.05) is 13.7 Å². The SMILES string of the molecule is COc1cc(CNCC(C)(O)CC(C)C)ccc1O. The number of phenols is 1. The smallest absolute Gasteiger partial charge is 0.160 e. The predicted octanol–water partition coefficient (Wildman–Crippen LogP) is 2.29. The van der Waals surface area contributed by atoms with Gasteiger partial charge in [-0.1, -0.05) is 19.9 Å². The first-order valence-electron chi connectivity index (χ1n) is 6.63. The molecule has 0 aliphatic rings. The summed E-state index contributed by atoms with van der Waals surface area (Å²) >= 11 is 0. The van der Waals surface area contributed by atoms with Crippen LogP contribution in [0.3, 0.4) is 0 Å². The van der Waals surface area contributed by atoms with Gasteiger partial charge < -0.3 is 20.3 Å². The minimum atomic E-state index is -0.699. The van der Waals surface area contributed by atoms with Gasteiger partial charge in [0.2, 0.25) is 0 Å². The predicted molar refractivity (Wildman–Crippen MR) is 76.4 cm³/mol. The zero-order chi connectivity index (χ0) is 14.5. The molecule has 0 spiro atoms. The summed E-state index contributed by atoms with van der Waals surface area (Å²) in [5.41, 5.74) is 0.310. The first-order chi connectivity index (χ1) is 8.84. The second kappa shape index (κ2) is 6.78. The third-order valence-electron chi connectivity index (χ3n) is 2.93. The van der Waals surface area contributed by atoms with Gasteiger partial charge in [0.25, 0.3) is 0 Å². The van der Waals surface area contributed by atoms with Crippen molar-refractivity contribution in [3.8, 4) is 11.5 Å². The van der Waals surface area contributed by atoms with E-state index in [4.69, 9.17) is 4.74 Å². The first kappa shape index (κ1) is 15.8. The number of aromatic hydroxyl groups is 1. The Balaban J connectivity index is 2.49. The van der Waals surface area contributed by atoms with Crippen LogP contribution in [-0.2, 0) is 6.54 Å². The fourth-order valence-electron chi connectivity index (χ4n) is 2.26. The topological polar surface area (TPSA) is 61.7 Å². The van der Waals surface area contributed by atoms with Gasteiger partial charge in [-0.25, -0.2) is 0 Å². The van der Waals surface area contributed by atoms with E-state index in [2.05, 4.69) is 19.2 Å². The summed E-state index contributed by atoms with van der Waals surface area (Å²) in [4.78, 5) is 0. The maximum atomic E-state index is 10.2. The normalized spacial score (nSPS) is 14.4. The van der Waals surface area contributed by atoms with Crippen LogP contribution in [0.25, 0.3) is 0 Å². The van der Waals surface area contributed by atoms with Gasteiger partial charge in [0, 0.05) is 13.1 Å². The van der Waals surface area contributed by atoms with Crippen molar-refractivity contribution >= 4 is 0 Å². The van der Waals surface area contributed by atoms with Gasteiger partial charge >= 0.3 is 0 Å². The highest BCUT2D eigenvalue weighted by atomic mass is 16.5. The standard InChI is InChI=1S/C15H25NO3/c1-11(2)8-15(3,18)10-16-9-12-5-6-13(17)14(7-12)19-4/h5-7,11,16-18H,8-10H2,1-4H3. The molecule has 3 N–H and O–H groups in total.